The Morgan fingerprint density at radius 3 is 2.55 bits per heavy atom. The van der Waals surface area contributed by atoms with Gasteiger partial charge in [-0.2, -0.15) is 0 Å². The molecule has 2 aromatic carbocycles. The van der Waals surface area contributed by atoms with E-state index in [2.05, 4.69) is 66.3 Å². The lowest BCUT2D eigenvalue weighted by Crippen LogP contribution is -2.40. The molecule has 0 radical (unpaired) electrons. The zero-order chi connectivity index (χ0) is 22.2. The molecule has 5 heteroatoms. The molecule has 0 saturated carbocycles. The molecule has 1 saturated heterocycles. The van der Waals surface area contributed by atoms with Crippen molar-refractivity contribution in [1.82, 2.24) is 10.3 Å². The van der Waals surface area contributed by atoms with E-state index in [0.29, 0.717) is 5.56 Å². The highest BCUT2D eigenvalue weighted by Gasteiger charge is 2.25. The maximum absolute atomic E-state index is 13.3. The normalized spacial score (nSPS) is 17.6. The van der Waals surface area contributed by atoms with Gasteiger partial charge in [-0.05, 0) is 55.0 Å². The van der Waals surface area contributed by atoms with E-state index >= 15 is 0 Å². The van der Waals surface area contributed by atoms with E-state index in [-0.39, 0.29) is 23.5 Å². The van der Waals surface area contributed by atoms with Crippen molar-refractivity contribution < 1.29 is 9.53 Å². The van der Waals surface area contributed by atoms with Crippen molar-refractivity contribution in [2.24, 2.45) is 0 Å². The lowest BCUT2D eigenvalue weighted by Gasteiger charge is -2.21. The molecule has 31 heavy (non-hydrogen) atoms. The number of rotatable bonds is 4. The van der Waals surface area contributed by atoms with E-state index in [1.165, 1.54) is 5.56 Å². The molecule has 1 aliphatic heterocycles. The number of ether oxygens (including phenoxy) is 1. The molecule has 4 nitrogen and oxygen atoms in total. The summed E-state index contributed by atoms with van der Waals surface area (Å²) in [6.07, 6.45) is 2.10. The van der Waals surface area contributed by atoms with Crippen LogP contribution in [0.2, 0.25) is 0 Å². The summed E-state index contributed by atoms with van der Waals surface area (Å²) in [6, 6.07) is 16.2. The van der Waals surface area contributed by atoms with Crippen molar-refractivity contribution in [3.8, 4) is 11.3 Å². The van der Waals surface area contributed by atoms with Crippen molar-refractivity contribution in [3.63, 3.8) is 0 Å². The standard InChI is InChI=1S/C26H29BrN2O2/c1-16(24-6-5-13-31-24)28-25(30)21-15-23(29-22-12-11-19(27)14-20(21)22)17-7-9-18(10-8-17)26(2,3)4/h7-12,14-16,24H,5-6,13H2,1-4H3,(H,28,30)/t16-,24+/m1/s1. The van der Waals surface area contributed by atoms with Gasteiger partial charge in [-0.1, -0.05) is 61.0 Å². The van der Waals surface area contributed by atoms with Crippen molar-refractivity contribution >= 4 is 32.7 Å². The molecule has 2 heterocycles. The maximum atomic E-state index is 13.3. The quantitative estimate of drug-likeness (QED) is 0.479. The SMILES string of the molecule is C[C@@H](NC(=O)c1cc(-c2ccc(C(C)(C)C)cc2)nc2ccc(Br)cc12)[C@@H]1CCCO1. The first kappa shape index (κ1) is 22.0. The maximum Gasteiger partial charge on any atom is 0.252 e. The highest BCUT2D eigenvalue weighted by Crippen LogP contribution is 2.29. The number of hydrogen-bond acceptors (Lipinski definition) is 3. The lowest BCUT2D eigenvalue weighted by molar-refractivity contribution is 0.0713. The van der Waals surface area contributed by atoms with Gasteiger partial charge in [0.25, 0.3) is 5.91 Å². The molecule has 0 aliphatic carbocycles. The molecule has 0 unspecified atom stereocenters. The number of amides is 1. The highest BCUT2D eigenvalue weighted by molar-refractivity contribution is 9.10. The van der Waals surface area contributed by atoms with Crippen molar-refractivity contribution in [1.29, 1.82) is 0 Å². The second-order valence-corrected chi connectivity index (χ2v) is 10.3. The minimum atomic E-state index is -0.0962. The predicted molar refractivity (Wildman–Crippen MR) is 129 cm³/mol. The van der Waals surface area contributed by atoms with E-state index < -0.39 is 0 Å². The van der Waals surface area contributed by atoms with E-state index in [0.717, 1.165) is 46.1 Å². The predicted octanol–water partition coefficient (Wildman–Crippen LogP) is 6.26. The highest BCUT2D eigenvalue weighted by atomic mass is 79.9. The van der Waals surface area contributed by atoms with E-state index in [1.807, 2.05) is 31.2 Å². The smallest absolute Gasteiger partial charge is 0.252 e. The Kier molecular flexibility index (Phi) is 6.18. The average molecular weight is 481 g/mol. The van der Waals surface area contributed by atoms with Crippen LogP contribution in [0, 0.1) is 0 Å². The Morgan fingerprint density at radius 1 is 1.16 bits per heavy atom. The van der Waals surface area contributed by atoms with Crippen LogP contribution in [0.4, 0.5) is 0 Å². The number of nitrogens with one attached hydrogen (secondary N) is 1. The molecule has 2 atom stereocenters. The number of benzene rings is 2. The third kappa shape index (κ3) is 4.83. The molecule has 1 aliphatic rings. The third-order valence-electron chi connectivity index (χ3n) is 5.94. The van der Waals surface area contributed by atoms with Crippen LogP contribution in [-0.4, -0.2) is 29.6 Å². The van der Waals surface area contributed by atoms with Gasteiger partial charge in [-0.25, -0.2) is 4.98 Å². The van der Waals surface area contributed by atoms with E-state index in [9.17, 15) is 4.79 Å². The molecular formula is C26H29BrN2O2. The number of carbonyl (C=O) groups is 1. The van der Waals surface area contributed by atoms with Crippen LogP contribution in [0.1, 0.15) is 56.5 Å². The third-order valence-corrected chi connectivity index (χ3v) is 6.44. The van der Waals surface area contributed by atoms with Gasteiger partial charge >= 0.3 is 0 Å². The molecule has 3 aromatic rings. The lowest BCUT2D eigenvalue weighted by atomic mass is 9.86. The fourth-order valence-electron chi connectivity index (χ4n) is 4.05. The number of halogens is 1. The van der Waals surface area contributed by atoms with Gasteiger partial charge in [-0.15, -0.1) is 0 Å². The first-order valence-electron chi connectivity index (χ1n) is 10.9. The number of pyridine rings is 1. The molecular weight excluding hydrogens is 452 g/mol. The number of aromatic nitrogens is 1. The number of nitrogens with zero attached hydrogens (tertiary/aromatic N) is 1. The Morgan fingerprint density at radius 2 is 1.90 bits per heavy atom. The molecule has 1 fully saturated rings. The van der Waals surface area contributed by atoms with E-state index in [1.54, 1.807) is 0 Å². The van der Waals surface area contributed by atoms with Gasteiger partial charge in [0.1, 0.15) is 0 Å². The zero-order valence-electron chi connectivity index (χ0n) is 18.5. The minimum Gasteiger partial charge on any atom is -0.376 e. The molecule has 162 valence electrons. The molecule has 1 amide bonds. The Balaban J connectivity index is 1.73. The monoisotopic (exact) mass is 480 g/mol. The zero-order valence-corrected chi connectivity index (χ0v) is 20.1. The Bertz CT molecular complexity index is 1100. The molecule has 1 aromatic heterocycles. The van der Waals surface area contributed by atoms with Crippen molar-refractivity contribution in [3.05, 3.63) is 64.1 Å². The topological polar surface area (TPSA) is 51.2 Å². The second kappa shape index (κ2) is 8.71. The summed E-state index contributed by atoms with van der Waals surface area (Å²) in [5, 5.41) is 3.99. The van der Waals surface area contributed by atoms with Gasteiger partial charge in [0, 0.05) is 22.0 Å². The van der Waals surface area contributed by atoms with Crippen molar-refractivity contribution in [2.45, 2.75) is 58.1 Å². The van der Waals surface area contributed by atoms with Crippen LogP contribution in [0.25, 0.3) is 22.2 Å². The average Bonchev–Trinajstić information content (AvgIpc) is 3.27. The van der Waals surface area contributed by atoms with Crippen LogP contribution in [0.15, 0.2) is 53.0 Å². The van der Waals surface area contributed by atoms with Gasteiger partial charge in [-0.3, -0.25) is 4.79 Å². The minimum absolute atomic E-state index is 0.0418. The molecule has 0 bridgehead atoms. The summed E-state index contributed by atoms with van der Waals surface area (Å²) in [5.41, 5.74) is 4.58. The number of fused-ring (bicyclic) bond motifs is 1. The van der Waals surface area contributed by atoms with Gasteiger partial charge in [0.15, 0.2) is 0 Å². The summed E-state index contributed by atoms with van der Waals surface area (Å²) in [7, 11) is 0. The van der Waals surface area contributed by atoms with Crippen molar-refractivity contribution in [2.75, 3.05) is 6.61 Å². The summed E-state index contributed by atoms with van der Waals surface area (Å²) >= 11 is 3.53. The van der Waals surface area contributed by atoms with E-state index in [4.69, 9.17) is 9.72 Å². The van der Waals surface area contributed by atoms with Crippen LogP contribution in [0.3, 0.4) is 0 Å². The second-order valence-electron chi connectivity index (χ2n) is 9.36. The summed E-state index contributed by atoms with van der Waals surface area (Å²) < 4.78 is 6.68. The fourth-order valence-corrected chi connectivity index (χ4v) is 4.41. The first-order chi connectivity index (χ1) is 14.7. The number of carbonyl (C=O) groups excluding carboxylic acids is 1. The summed E-state index contributed by atoms with van der Waals surface area (Å²) in [6.45, 7) is 9.38. The van der Waals surface area contributed by atoms with Crippen LogP contribution >= 0.6 is 15.9 Å². The largest absolute Gasteiger partial charge is 0.376 e. The van der Waals surface area contributed by atoms with Gasteiger partial charge in [0.2, 0.25) is 0 Å². The van der Waals surface area contributed by atoms with Crippen LogP contribution < -0.4 is 5.32 Å². The van der Waals surface area contributed by atoms with Crippen LogP contribution in [0.5, 0.6) is 0 Å². The Hall–Kier alpha value is -2.24. The van der Waals surface area contributed by atoms with Gasteiger partial charge in [0.05, 0.1) is 28.9 Å². The van der Waals surface area contributed by atoms with Crippen LogP contribution in [-0.2, 0) is 10.2 Å². The summed E-state index contributed by atoms with van der Waals surface area (Å²) in [4.78, 5) is 18.1. The summed E-state index contributed by atoms with van der Waals surface area (Å²) in [5.74, 6) is -0.0962. The Labute approximate surface area is 192 Å². The van der Waals surface area contributed by atoms with Gasteiger partial charge < -0.3 is 10.1 Å². The molecule has 1 N–H and O–H groups in total. The molecule has 4 rings (SSSR count). The number of hydrogen-bond donors (Lipinski definition) is 1. The fraction of sp³-hybridized carbons (Fsp3) is 0.385. The molecule has 0 spiro atoms. The first-order valence-corrected chi connectivity index (χ1v) is 11.7.